The molecule has 1 aliphatic heterocycles. The summed E-state index contributed by atoms with van der Waals surface area (Å²) < 4.78 is 0.974. The number of anilines is 1. The van der Waals surface area contributed by atoms with E-state index < -0.39 is 23.0 Å². The quantitative estimate of drug-likeness (QED) is 0.479. The van der Waals surface area contributed by atoms with E-state index in [2.05, 4.69) is 10.1 Å². The van der Waals surface area contributed by atoms with E-state index in [4.69, 9.17) is 0 Å². The third-order valence-corrected chi connectivity index (χ3v) is 5.48. The number of aromatic nitrogens is 2. The molecule has 0 spiro atoms. The fourth-order valence-electron chi connectivity index (χ4n) is 3.87. The van der Waals surface area contributed by atoms with Gasteiger partial charge >= 0.3 is 5.69 Å². The van der Waals surface area contributed by atoms with Gasteiger partial charge in [-0.3, -0.25) is 14.6 Å². The van der Waals surface area contributed by atoms with Gasteiger partial charge in [-0.1, -0.05) is 54.6 Å². The molecule has 2 heterocycles. The Morgan fingerprint density at radius 1 is 0.909 bits per heavy atom. The van der Waals surface area contributed by atoms with Crippen LogP contribution in [0.25, 0.3) is 22.5 Å². The zero-order valence-corrected chi connectivity index (χ0v) is 17.5. The van der Waals surface area contributed by atoms with Gasteiger partial charge in [0.15, 0.2) is 0 Å². The van der Waals surface area contributed by atoms with Crippen molar-refractivity contribution >= 4 is 34.2 Å². The van der Waals surface area contributed by atoms with Crippen LogP contribution in [0.3, 0.4) is 0 Å². The molecule has 8 nitrogen and oxygen atoms in total. The van der Waals surface area contributed by atoms with Gasteiger partial charge < -0.3 is 5.11 Å². The first kappa shape index (κ1) is 20.2. The van der Waals surface area contributed by atoms with Gasteiger partial charge in [0, 0.05) is 5.39 Å². The first-order valence-corrected chi connectivity index (χ1v) is 10.2. The number of rotatable bonds is 3. The van der Waals surface area contributed by atoms with Gasteiger partial charge in [0.2, 0.25) is 5.88 Å². The number of H-pyrrole nitrogens is 1. The lowest BCUT2D eigenvalue weighted by molar-refractivity contribution is -0.114. The number of aromatic hydroxyl groups is 1. The van der Waals surface area contributed by atoms with Gasteiger partial charge in [-0.2, -0.15) is 10.1 Å². The Hall–Kier alpha value is -4.72. The van der Waals surface area contributed by atoms with Crippen LogP contribution in [0.4, 0.5) is 5.69 Å². The molecule has 0 unspecified atom stereocenters. The van der Waals surface area contributed by atoms with Crippen LogP contribution < -0.4 is 16.3 Å². The molecule has 0 fully saturated rings. The van der Waals surface area contributed by atoms with Crippen LogP contribution in [0.1, 0.15) is 12.5 Å². The molecular weight excluding hydrogens is 420 g/mol. The number of hydrogen-bond donors (Lipinski definition) is 2. The lowest BCUT2D eigenvalue weighted by Crippen LogP contribution is -2.30. The summed E-state index contributed by atoms with van der Waals surface area (Å²) in [6.45, 7) is 1.65. The fourth-order valence-corrected chi connectivity index (χ4v) is 3.87. The maximum absolute atomic E-state index is 13.3. The van der Waals surface area contributed by atoms with Crippen LogP contribution in [0.15, 0.2) is 93.1 Å². The molecule has 5 rings (SSSR count). The highest BCUT2D eigenvalue weighted by molar-refractivity contribution is 6.33. The van der Waals surface area contributed by atoms with E-state index >= 15 is 0 Å². The van der Waals surface area contributed by atoms with Crippen LogP contribution in [0.5, 0.6) is 5.88 Å². The topological polar surface area (TPSA) is 108 Å². The number of hydrogen-bond acceptors (Lipinski definition) is 5. The number of amides is 1. The van der Waals surface area contributed by atoms with E-state index in [0.29, 0.717) is 17.1 Å². The van der Waals surface area contributed by atoms with E-state index in [0.717, 1.165) is 15.3 Å². The second-order valence-corrected chi connectivity index (χ2v) is 7.53. The molecule has 1 aliphatic rings. The summed E-state index contributed by atoms with van der Waals surface area (Å²) in [5.41, 5.74) is -0.306. The van der Waals surface area contributed by atoms with Gasteiger partial charge in [0.05, 0.1) is 22.7 Å². The van der Waals surface area contributed by atoms with Crippen LogP contribution >= 0.6 is 0 Å². The van der Waals surface area contributed by atoms with E-state index in [9.17, 15) is 19.5 Å². The molecule has 0 saturated heterocycles. The average Bonchev–Trinajstić information content (AvgIpc) is 3.09. The average molecular weight is 438 g/mol. The zero-order valence-electron chi connectivity index (χ0n) is 17.5. The summed E-state index contributed by atoms with van der Waals surface area (Å²) in [7, 11) is 0. The molecule has 33 heavy (non-hydrogen) atoms. The molecule has 8 heteroatoms. The Bertz CT molecular complexity index is 1590. The van der Waals surface area contributed by atoms with E-state index in [-0.39, 0.29) is 11.1 Å². The van der Waals surface area contributed by atoms with Gasteiger partial charge in [-0.15, -0.1) is 0 Å². The van der Waals surface area contributed by atoms with Crippen molar-refractivity contribution in [2.75, 3.05) is 5.01 Å². The Morgan fingerprint density at radius 3 is 2.39 bits per heavy atom. The van der Waals surface area contributed by atoms with Crippen molar-refractivity contribution in [2.45, 2.75) is 6.92 Å². The number of carbonyl (C=O) groups is 1. The van der Waals surface area contributed by atoms with E-state index in [1.165, 1.54) is 11.1 Å². The highest BCUT2D eigenvalue weighted by Gasteiger charge is 2.30. The Kier molecular flexibility index (Phi) is 4.75. The van der Waals surface area contributed by atoms with Crippen LogP contribution in [0.2, 0.25) is 0 Å². The second kappa shape index (κ2) is 7.76. The van der Waals surface area contributed by atoms with Crippen LogP contribution in [0, 0.1) is 0 Å². The minimum atomic E-state index is -0.804. The first-order chi connectivity index (χ1) is 16.0. The molecule has 2 N–H and O–H groups in total. The van der Waals surface area contributed by atoms with Gasteiger partial charge in [0.1, 0.15) is 5.56 Å². The molecule has 3 aromatic carbocycles. The fraction of sp³-hybridized carbons (Fsp3) is 0.0400. The third kappa shape index (κ3) is 3.34. The smallest absolute Gasteiger partial charge is 0.335 e. The predicted octanol–water partition coefficient (Wildman–Crippen LogP) is 3.19. The number of fused-ring (bicyclic) bond motifs is 1. The molecule has 0 atom stereocenters. The summed E-state index contributed by atoms with van der Waals surface area (Å²) in [4.78, 5) is 40.4. The van der Waals surface area contributed by atoms with Crippen LogP contribution in [-0.2, 0) is 4.79 Å². The number of nitrogens with zero attached hydrogens (tertiary/aromatic N) is 3. The Balaban J connectivity index is 1.63. The maximum atomic E-state index is 13.3. The number of carbonyl (C=O) groups excluding carboxylic acids is 1. The normalized spacial score (nSPS) is 14.8. The monoisotopic (exact) mass is 438 g/mol. The summed E-state index contributed by atoms with van der Waals surface area (Å²) >= 11 is 0. The highest BCUT2D eigenvalue weighted by Crippen LogP contribution is 2.32. The SMILES string of the molecule is CC1=NN(c2cccc3ccccc23)C(=O)/C1=C\c1c(O)n(-c2ccccc2)c(=O)[nH]c1=O. The summed E-state index contributed by atoms with van der Waals surface area (Å²) in [5, 5.41) is 18.3. The van der Waals surface area contributed by atoms with Crippen molar-refractivity contribution < 1.29 is 9.90 Å². The maximum Gasteiger partial charge on any atom is 0.335 e. The standard InChI is InChI=1S/C25H18N4O4/c1-15-19(24(32)29(27-15)21-13-7-9-16-8-5-6-12-18(16)21)14-20-22(30)26-25(33)28(23(20)31)17-10-3-2-4-11-17/h2-14,31H,1H3,(H,26,30,33)/b19-14-. The number of hydrazone groups is 1. The highest BCUT2D eigenvalue weighted by atomic mass is 16.3. The number of benzene rings is 3. The Labute approximate surface area is 187 Å². The molecule has 4 aromatic rings. The zero-order chi connectivity index (χ0) is 23.1. The second-order valence-electron chi connectivity index (χ2n) is 7.53. The van der Waals surface area contributed by atoms with E-state index in [1.54, 1.807) is 43.3 Å². The molecule has 162 valence electrons. The summed E-state index contributed by atoms with van der Waals surface area (Å²) in [6, 6.07) is 21.6. The molecular formula is C25H18N4O4. The molecule has 1 amide bonds. The minimum Gasteiger partial charge on any atom is -0.494 e. The van der Waals surface area contributed by atoms with Crippen LogP contribution in [-0.4, -0.2) is 26.3 Å². The molecule has 0 aliphatic carbocycles. The summed E-state index contributed by atoms with van der Waals surface area (Å²) in [6.07, 6.45) is 1.26. The first-order valence-electron chi connectivity index (χ1n) is 10.2. The van der Waals surface area contributed by atoms with Crippen molar-refractivity contribution in [3.05, 3.63) is 105 Å². The molecule has 1 aromatic heterocycles. The van der Waals surface area contributed by atoms with Crippen molar-refractivity contribution in [3.63, 3.8) is 0 Å². The number of nitrogens with one attached hydrogen (secondary N) is 1. The van der Waals surface area contributed by atoms with Crippen molar-refractivity contribution in [1.82, 2.24) is 9.55 Å². The number of aromatic amines is 1. The van der Waals surface area contributed by atoms with E-state index in [1.807, 2.05) is 36.4 Å². The van der Waals surface area contributed by atoms with Crippen molar-refractivity contribution in [2.24, 2.45) is 5.10 Å². The minimum absolute atomic E-state index is 0.141. The largest absolute Gasteiger partial charge is 0.494 e. The predicted molar refractivity (Wildman–Crippen MR) is 127 cm³/mol. The van der Waals surface area contributed by atoms with Crippen molar-refractivity contribution in [3.8, 4) is 11.6 Å². The summed E-state index contributed by atoms with van der Waals surface area (Å²) in [5.74, 6) is -1.01. The molecule has 0 saturated carbocycles. The van der Waals surface area contributed by atoms with Gasteiger partial charge in [0.25, 0.3) is 11.5 Å². The van der Waals surface area contributed by atoms with Crippen molar-refractivity contribution in [1.29, 1.82) is 0 Å². The molecule has 0 radical (unpaired) electrons. The molecule has 0 bridgehead atoms. The Morgan fingerprint density at radius 2 is 1.61 bits per heavy atom. The lowest BCUT2D eigenvalue weighted by Gasteiger charge is -2.14. The lowest BCUT2D eigenvalue weighted by atomic mass is 10.1. The van der Waals surface area contributed by atoms with Gasteiger partial charge in [-0.05, 0) is 36.6 Å². The number of para-hydroxylation sites is 1. The third-order valence-electron chi connectivity index (χ3n) is 5.48. The van der Waals surface area contributed by atoms with Gasteiger partial charge in [-0.25, -0.2) is 9.36 Å².